The Labute approximate surface area is 99.8 Å². The highest BCUT2D eigenvalue weighted by Gasteiger charge is 2.03. The molecule has 88 valence electrons. The topological polar surface area (TPSA) is 43.4 Å². The van der Waals surface area contributed by atoms with Crippen molar-refractivity contribution in [3.63, 3.8) is 0 Å². The standard InChI is InChI=1S/C13H14N2O2/c1-3-16-10(2)15-17-13-12-7-5-4-6-11(12)8-9-14-13/h4-9,15H,2-3H2,1H3. The highest BCUT2D eigenvalue weighted by molar-refractivity contribution is 5.86. The lowest BCUT2D eigenvalue weighted by molar-refractivity contribution is 0.112. The monoisotopic (exact) mass is 230 g/mol. The molecule has 0 amide bonds. The van der Waals surface area contributed by atoms with Gasteiger partial charge in [0.25, 0.3) is 5.88 Å². The van der Waals surface area contributed by atoms with Crippen molar-refractivity contribution in [3.05, 3.63) is 49.0 Å². The second-order valence-corrected chi connectivity index (χ2v) is 3.40. The number of nitrogens with one attached hydrogen (secondary N) is 1. The number of hydrogen-bond acceptors (Lipinski definition) is 4. The van der Waals surface area contributed by atoms with Crippen LogP contribution >= 0.6 is 0 Å². The first kappa shape index (κ1) is 11.3. The molecule has 4 nitrogen and oxygen atoms in total. The first-order valence-electron chi connectivity index (χ1n) is 5.39. The number of ether oxygens (including phenoxy) is 1. The van der Waals surface area contributed by atoms with Crippen LogP contribution in [-0.4, -0.2) is 11.6 Å². The minimum atomic E-state index is 0.363. The third-order valence-electron chi connectivity index (χ3n) is 2.22. The number of nitrogens with zero attached hydrogens (tertiary/aromatic N) is 1. The molecule has 0 aliphatic rings. The smallest absolute Gasteiger partial charge is 0.253 e. The third-order valence-corrected chi connectivity index (χ3v) is 2.22. The van der Waals surface area contributed by atoms with Crippen LogP contribution in [0.1, 0.15) is 6.92 Å². The lowest BCUT2D eigenvalue weighted by Gasteiger charge is -2.11. The summed E-state index contributed by atoms with van der Waals surface area (Å²) in [6, 6.07) is 9.79. The number of fused-ring (bicyclic) bond motifs is 1. The van der Waals surface area contributed by atoms with Crippen LogP contribution in [-0.2, 0) is 4.74 Å². The summed E-state index contributed by atoms with van der Waals surface area (Å²) >= 11 is 0. The maximum atomic E-state index is 5.35. The summed E-state index contributed by atoms with van der Waals surface area (Å²) in [7, 11) is 0. The van der Waals surface area contributed by atoms with Crippen LogP contribution in [0.3, 0.4) is 0 Å². The zero-order valence-electron chi connectivity index (χ0n) is 9.64. The van der Waals surface area contributed by atoms with Crippen molar-refractivity contribution in [1.29, 1.82) is 0 Å². The average molecular weight is 230 g/mol. The molecule has 0 unspecified atom stereocenters. The molecule has 0 spiro atoms. The lowest BCUT2D eigenvalue weighted by atomic mass is 10.2. The van der Waals surface area contributed by atoms with E-state index in [1.54, 1.807) is 6.20 Å². The Morgan fingerprint density at radius 1 is 1.35 bits per heavy atom. The van der Waals surface area contributed by atoms with E-state index in [0.29, 0.717) is 18.4 Å². The maximum absolute atomic E-state index is 5.35. The summed E-state index contributed by atoms with van der Waals surface area (Å²) in [5.74, 6) is 0.867. The molecular formula is C13H14N2O2. The number of aromatic nitrogens is 1. The van der Waals surface area contributed by atoms with E-state index in [0.717, 1.165) is 10.8 Å². The van der Waals surface area contributed by atoms with Crippen molar-refractivity contribution in [2.75, 3.05) is 6.61 Å². The number of hydroxylamine groups is 1. The second kappa shape index (κ2) is 5.21. The van der Waals surface area contributed by atoms with Gasteiger partial charge in [0.2, 0.25) is 5.88 Å². The second-order valence-electron chi connectivity index (χ2n) is 3.40. The van der Waals surface area contributed by atoms with Crippen LogP contribution in [0.4, 0.5) is 0 Å². The van der Waals surface area contributed by atoms with Crippen molar-refractivity contribution >= 4 is 10.8 Å². The molecular weight excluding hydrogens is 216 g/mol. The number of pyridine rings is 1. The minimum Gasteiger partial charge on any atom is -0.478 e. The zero-order valence-corrected chi connectivity index (χ0v) is 9.64. The third kappa shape index (κ3) is 2.66. The molecule has 2 aromatic rings. The maximum Gasteiger partial charge on any atom is 0.253 e. The van der Waals surface area contributed by atoms with Crippen LogP contribution in [0, 0.1) is 0 Å². The lowest BCUT2D eigenvalue weighted by Crippen LogP contribution is -2.19. The van der Waals surface area contributed by atoms with Gasteiger partial charge in [-0.05, 0) is 31.0 Å². The van der Waals surface area contributed by atoms with Gasteiger partial charge in [-0.1, -0.05) is 18.2 Å². The molecule has 1 heterocycles. The van der Waals surface area contributed by atoms with Gasteiger partial charge in [-0.2, -0.15) is 5.48 Å². The van der Waals surface area contributed by atoms with E-state index in [-0.39, 0.29) is 0 Å². The quantitative estimate of drug-likeness (QED) is 0.633. The van der Waals surface area contributed by atoms with Gasteiger partial charge >= 0.3 is 0 Å². The number of hydrogen-bond donors (Lipinski definition) is 1. The molecule has 2 rings (SSSR count). The Morgan fingerprint density at radius 3 is 3.00 bits per heavy atom. The molecule has 0 radical (unpaired) electrons. The van der Waals surface area contributed by atoms with E-state index < -0.39 is 0 Å². The van der Waals surface area contributed by atoms with Gasteiger partial charge in [0, 0.05) is 11.6 Å². The minimum absolute atomic E-state index is 0.363. The Hall–Kier alpha value is -2.23. The Morgan fingerprint density at radius 2 is 2.18 bits per heavy atom. The molecule has 0 aliphatic carbocycles. The van der Waals surface area contributed by atoms with E-state index in [4.69, 9.17) is 9.57 Å². The average Bonchev–Trinajstić information content (AvgIpc) is 2.36. The van der Waals surface area contributed by atoms with Crippen LogP contribution in [0.25, 0.3) is 10.8 Å². The summed E-state index contributed by atoms with van der Waals surface area (Å²) in [5, 5.41) is 2.01. The van der Waals surface area contributed by atoms with Crippen molar-refractivity contribution in [2.24, 2.45) is 0 Å². The molecule has 1 aromatic carbocycles. The Balaban J connectivity index is 2.16. The number of benzene rings is 1. The SMILES string of the molecule is C=C(NOc1nccc2ccccc12)OCC. The molecule has 1 aromatic heterocycles. The molecule has 0 aliphatic heterocycles. The summed E-state index contributed by atoms with van der Waals surface area (Å²) in [6.07, 6.45) is 1.70. The van der Waals surface area contributed by atoms with Gasteiger partial charge in [-0.25, -0.2) is 4.98 Å². The van der Waals surface area contributed by atoms with E-state index in [1.165, 1.54) is 0 Å². The fourth-order valence-electron chi connectivity index (χ4n) is 1.48. The van der Waals surface area contributed by atoms with E-state index in [2.05, 4.69) is 17.0 Å². The van der Waals surface area contributed by atoms with Gasteiger partial charge in [0.15, 0.2) is 0 Å². The van der Waals surface area contributed by atoms with E-state index in [9.17, 15) is 0 Å². The largest absolute Gasteiger partial charge is 0.478 e. The molecule has 1 N–H and O–H groups in total. The first-order valence-corrected chi connectivity index (χ1v) is 5.39. The van der Waals surface area contributed by atoms with Crippen molar-refractivity contribution in [3.8, 4) is 5.88 Å². The molecule has 0 saturated heterocycles. The summed E-state index contributed by atoms with van der Waals surface area (Å²) in [4.78, 5) is 9.51. The first-order chi connectivity index (χ1) is 8.31. The van der Waals surface area contributed by atoms with Crippen LogP contribution < -0.4 is 10.3 Å². The summed E-state index contributed by atoms with van der Waals surface area (Å²) in [6.45, 7) is 6.07. The summed E-state index contributed by atoms with van der Waals surface area (Å²) < 4.78 is 5.12. The van der Waals surface area contributed by atoms with Crippen molar-refractivity contribution in [1.82, 2.24) is 10.5 Å². The molecule has 17 heavy (non-hydrogen) atoms. The predicted molar refractivity (Wildman–Crippen MR) is 66.3 cm³/mol. The van der Waals surface area contributed by atoms with Crippen molar-refractivity contribution in [2.45, 2.75) is 6.92 Å². The zero-order chi connectivity index (χ0) is 12.1. The van der Waals surface area contributed by atoms with E-state index in [1.807, 2.05) is 37.3 Å². The fourth-order valence-corrected chi connectivity index (χ4v) is 1.48. The normalized spacial score (nSPS) is 9.94. The summed E-state index contributed by atoms with van der Waals surface area (Å²) in [5.41, 5.74) is 2.61. The number of rotatable bonds is 5. The van der Waals surface area contributed by atoms with Crippen LogP contribution in [0.2, 0.25) is 0 Å². The highest BCUT2D eigenvalue weighted by atomic mass is 16.7. The molecule has 0 atom stereocenters. The van der Waals surface area contributed by atoms with Crippen molar-refractivity contribution < 1.29 is 9.57 Å². The van der Waals surface area contributed by atoms with Crippen LogP contribution in [0.5, 0.6) is 5.88 Å². The Kier molecular flexibility index (Phi) is 3.45. The van der Waals surface area contributed by atoms with E-state index >= 15 is 0 Å². The van der Waals surface area contributed by atoms with Gasteiger partial charge in [-0.3, -0.25) is 0 Å². The molecule has 0 fully saturated rings. The van der Waals surface area contributed by atoms with Gasteiger partial charge in [0.05, 0.1) is 6.61 Å². The van der Waals surface area contributed by atoms with Gasteiger partial charge in [0.1, 0.15) is 0 Å². The Bertz CT molecular complexity index is 520. The highest BCUT2D eigenvalue weighted by Crippen LogP contribution is 2.21. The molecule has 4 heteroatoms. The molecule has 0 saturated carbocycles. The predicted octanol–water partition coefficient (Wildman–Crippen LogP) is 2.63. The van der Waals surface area contributed by atoms with Crippen LogP contribution in [0.15, 0.2) is 49.0 Å². The van der Waals surface area contributed by atoms with Gasteiger partial charge < -0.3 is 9.57 Å². The molecule has 0 bridgehead atoms. The fraction of sp³-hybridized carbons (Fsp3) is 0.154. The van der Waals surface area contributed by atoms with Gasteiger partial charge in [-0.15, -0.1) is 0 Å².